The van der Waals surface area contributed by atoms with Crippen LogP contribution in [-0.4, -0.2) is 60.7 Å². The van der Waals surface area contributed by atoms with Crippen molar-refractivity contribution in [2.45, 2.75) is 19.9 Å². The smallest absolute Gasteiger partial charge is 0.176 e. The number of hydrogen-bond acceptors (Lipinski definition) is 5. The number of aliphatic imine (C=N–C) groups is 2. The van der Waals surface area contributed by atoms with Gasteiger partial charge < -0.3 is 9.80 Å². The molecule has 1 fully saturated rings. The van der Waals surface area contributed by atoms with E-state index >= 15 is 0 Å². The Labute approximate surface area is 141 Å². The number of amidine groups is 2. The minimum atomic E-state index is -0.210. The first-order chi connectivity index (χ1) is 11.5. The highest BCUT2D eigenvalue weighted by molar-refractivity contribution is 6.47. The fourth-order valence-electron chi connectivity index (χ4n) is 3.27. The number of halogens is 1. The summed E-state index contributed by atoms with van der Waals surface area (Å²) in [6.45, 7) is 7.69. The van der Waals surface area contributed by atoms with Gasteiger partial charge in [-0.1, -0.05) is 0 Å². The Kier molecular flexibility index (Phi) is 3.64. The maximum absolute atomic E-state index is 14.1. The largest absolute Gasteiger partial charge is 0.351 e. The zero-order chi connectivity index (χ0) is 16.8. The first-order valence-electron chi connectivity index (χ1n) is 8.41. The Morgan fingerprint density at radius 2 is 1.88 bits per heavy atom. The van der Waals surface area contributed by atoms with Gasteiger partial charge in [-0.15, -0.1) is 0 Å². The molecule has 0 saturated carbocycles. The quantitative estimate of drug-likeness (QED) is 0.734. The van der Waals surface area contributed by atoms with Crippen LogP contribution in [0.3, 0.4) is 0 Å². The summed E-state index contributed by atoms with van der Waals surface area (Å²) in [7, 11) is 2.14. The first-order valence-corrected chi connectivity index (χ1v) is 8.41. The second-order valence-electron chi connectivity index (χ2n) is 6.72. The van der Waals surface area contributed by atoms with E-state index in [1.165, 1.54) is 0 Å². The van der Waals surface area contributed by atoms with Crippen LogP contribution in [0.2, 0.25) is 0 Å². The van der Waals surface area contributed by atoms with Crippen molar-refractivity contribution in [3.05, 3.63) is 35.8 Å². The molecule has 3 aliphatic heterocycles. The molecule has 6 heteroatoms. The molecule has 1 saturated heterocycles. The Hall–Kier alpha value is -2.21. The van der Waals surface area contributed by atoms with Crippen molar-refractivity contribution in [3.8, 4) is 0 Å². The summed E-state index contributed by atoms with van der Waals surface area (Å²) in [6.07, 6.45) is 4.02. The van der Waals surface area contributed by atoms with Crippen LogP contribution in [0.4, 0.5) is 15.8 Å². The van der Waals surface area contributed by atoms with E-state index < -0.39 is 0 Å². The molecule has 1 aromatic carbocycles. The van der Waals surface area contributed by atoms with Gasteiger partial charge in [0.15, 0.2) is 11.7 Å². The van der Waals surface area contributed by atoms with Gasteiger partial charge in [-0.2, -0.15) is 0 Å². The van der Waals surface area contributed by atoms with Crippen LogP contribution in [0.15, 0.2) is 34.4 Å². The summed E-state index contributed by atoms with van der Waals surface area (Å²) in [5, 5.41) is 0. The van der Waals surface area contributed by atoms with Gasteiger partial charge in [0.2, 0.25) is 0 Å². The molecular weight excluding hydrogens is 305 g/mol. The molecule has 0 aromatic heterocycles. The summed E-state index contributed by atoms with van der Waals surface area (Å²) >= 11 is 0. The van der Waals surface area contributed by atoms with Crippen LogP contribution in [0.5, 0.6) is 0 Å². The highest BCUT2D eigenvalue weighted by Crippen LogP contribution is 2.37. The molecule has 4 rings (SSSR count). The van der Waals surface area contributed by atoms with Crippen LogP contribution < -0.4 is 4.90 Å². The fraction of sp³-hybridized carbons (Fsp3) is 0.444. The maximum atomic E-state index is 14.1. The third-order valence-electron chi connectivity index (χ3n) is 4.81. The number of rotatable bonds is 0. The first kappa shape index (κ1) is 15.3. The molecule has 0 amide bonds. The summed E-state index contributed by atoms with van der Waals surface area (Å²) < 4.78 is 14.1. The lowest BCUT2D eigenvalue weighted by molar-refractivity contribution is 0.217. The van der Waals surface area contributed by atoms with Gasteiger partial charge in [-0.3, -0.25) is 9.89 Å². The molecule has 1 unspecified atom stereocenters. The molecule has 3 aliphatic rings. The van der Waals surface area contributed by atoms with Crippen molar-refractivity contribution in [3.63, 3.8) is 0 Å². The highest BCUT2D eigenvalue weighted by Gasteiger charge is 2.32. The van der Waals surface area contributed by atoms with Gasteiger partial charge in [0.05, 0.1) is 17.4 Å². The SMILES string of the molecule is Cc1cc2c(cc1F)N1C=CC(C)N=C1C(N1CCN(C)CC1)=N2. The molecule has 1 aromatic rings. The second-order valence-corrected chi connectivity index (χ2v) is 6.72. The number of benzene rings is 1. The van der Waals surface area contributed by atoms with E-state index in [0.717, 1.165) is 49.2 Å². The molecule has 1 atom stereocenters. The van der Waals surface area contributed by atoms with Crippen molar-refractivity contribution in [2.24, 2.45) is 9.98 Å². The monoisotopic (exact) mass is 327 g/mol. The summed E-state index contributed by atoms with van der Waals surface area (Å²) in [6, 6.07) is 3.49. The van der Waals surface area contributed by atoms with Gasteiger partial charge >= 0.3 is 0 Å². The maximum Gasteiger partial charge on any atom is 0.176 e. The van der Waals surface area contributed by atoms with E-state index in [2.05, 4.69) is 16.8 Å². The normalized spacial score (nSPS) is 23.6. The van der Waals surface area contributed by atoms with Gasteiger partial charge in [0, 0.05) is 38.4 Å². The van der Waals surface area contributed by atoms with Crippen molar-refractivity contribution in [2.75, 3.05) is 38.1 Å². The molecule has 0 spiro atoms. The van der Waals surface area contributed by atoms with Crippen LogP contribution >= 0.6 is 0 Å². The van der Waals surface area contributed by atoms with Crippen molar-refractivity contribution in [1.29, 1.82) is 0 Å². The van der Waals surface area contributed by atoms with E-state index in [1.54, 1.807) is 13.0 Å². The lowest BCUT2D eigenvalue weighted by atomic mass is 10.1. The zero-order valence-electron chi connectivity index (χ0n) is 14.3. The topological polar surface area (TPSA) is 34.4 Å². The number of hydrogen-bond donors (Lipinski definition) is 0. The molecule has 0 radical (unpaired) electrons. The lowest BCUT2D eigenvalue weighted by Crippen LogP contribution is -2.53. The fourth-order valence-corrected chi connectivity index (χ4v) is 3.27. The Morgan fingerprint density at radius 3 is 2.62 bits per heavy atom. The number of anilines is 1. The second kappa shape index (κ2) is 5.70. The van der Waals surface area contributed by atoms with Crippen LogP contribution in [0, 0.1) is 12.7 Å². The van der Waals surface area contributed by atoms with E-state index in [0.29, 0.717) is 5.56 Å². The standard InChI is InChI=1S/C18H22FN5/c1-12-10-15-16(11-14(12)19)24-5-4-13(2)20-18(24)17(21-15)23-8-6-22(3)7-9-23/h4-5,10-11,13H,6-9H2,1-3H3. The molecule has 3 heterocycles. The van der Waals surface area contributed by atoms with Crippen LogP contribution in [0.1, 0.15) is 12.5 Å². The number of piperazine rings is 1. The molecule has 24 heavy (non-hydrogen) atoms. The predicted molar refractivity (Wildman–Crippen MR) is 95.8 cm³/mol. The Bertz CT molecular complexity index is 759. The van der Waals surface area contributed by atoms with Crippen molar-refractivity contribution in [1.82, 2.24) is 9.80 Å². The third kappa shape index (κ3) is 2.51. The van der Waals surface area contributed by atoms with E-state index in [4.69, 9.17) is 9.98 Å². The van der Waals surface area contributed by atoms with Gasteiger partial charge in [-0.25, -0.2) is 9.38 Å². The third-order valence-corrected chi connectivity index (χ3v) is 4.81. The van der Waals surface area contributed by atoms with E-state index in [1.807, 2.05) is 30.2 Å². The predicted octanol–water partition coefficient (Wildman–Crippen LogP) is 2.55. The summed E-state index contributed by atoms with van der Waals surface area (Å²) in [4.78, 5) is 16.2. The molecule has 5 nitrogen and oxygen atoms in total. The summed E-state index contributed by atoms with van der Waals surface area (Å²) in [5.74, 6) is 1.52. The number of likely N-dealkylation sites (N-methyl/N-ethyl adjacent to an activating group) is 1. The van der Waals surface area contributed by atoms with Gasteiger partial charge in [-0.05, 0) is 38.6 Å². The molecular formula is C18H22FN5. The Morgan fingerprint density at radius 1 is 1.12 bits per heavy atom. The van der Waals surface area contributed by atoms with Crippen molar-refractivity contribution < 1.29 is 4.39 Å². The molecule has 0 bridgehead atoms. The van der Waals surface area contributed by atoms with Gasteiger partial charge in [0.1, 0.15) is 5.82 Å². The Balaban J connectivity index is 1.81. The number of nitrogens with zero attached hydrogens (tertiary/aromatic N) is 5. The average Bonchev–Trinajstić information content (AvgIpc) is 2.56. The average molecular weight is 327 g/mol. The van der Waals surface area contributed by atoms with E-state index in [9.17, 15) is 4.39 Å². The molecule has 0 N–H and O–H groups in total. The minimum absolute atomic E-state index is 0.103. The van der Waals surface area contributed by atoms with Gasteiger partial charge in [0.25, 0.3) is 0 Å². The number of fused-ring (bicyclic) bond motifs is 3. The highest BCUT2D eigenvalue weighted by atomic mass is 19.1. The van der Waals surface area contributed by atoms with Crippen molar-refractivity contribution >= 4 is 23.0 Å². The lowest BCUT2D eigenvalue weighted by Gasteiger charge is -2.39. The van der Waals surface area contributed by atoms with E-state index in [-0.39, 0.29) is 11.9 Å². The summed E-state index contributed by atoms with van der Waals surface area (Å²) in [5.41, 5.74) is 2.18. The van der Waals surface area contributed by atoms with Crippen LogP contribution in [0.25, 0.3) is 0 Å². The number of aryl methyl sites for hydroxylation is 1. The molecule has 126 valence electrons. The molecule has 0 aliphatic carbocycles. The minimum Gasteiger partial charge on any atom is -0.351 e. The van der Waals surface area contributed by atoms with Crippen LogP contribution in [-0.2, 0) is 0 Å². The zero-order valence-corrected chi connectivity index (χ0v) is 14.3.